The fourth-order valence-electron chi connectivity index (χ4n) is 2.41. The molecule has 6 nitrogen and oxygen atoms in total. The predicted molar refractivity (Wildman–Crippen MR) is 97.4 cm³/mol. The molecule has 9 heteroatoms. The minimum atomic E-state index is -4.74. The van der Waals surface area contributed by atoms with Gasteiger partial charge in [-0.3, -0.25) is 4.79 Å². The third kappa shape index (κ3) is 5.13. The predicted octanol–water partition coefficient (Wildman–Crippen LogP) is 2.89. The van der Waals surface area contributed by atoms with Crippen molar-refractivity contribution in [1.82, 2.24) is 4.90 Å². The number of carbonyl (C=O) groups excluding carboxylic acids is 2. The maximum Gasteiger partial charge on any atom is 0.341 e. The number of likely N-dealkylation sites (N-methyl/N-ethyl adjacent to an activating group) is 1. The van der Waals surface area contributed by atoms with Crippen LogP contribution in [0.5, 0.6) is 0 Å². The normalized spacial score (nSPS) is 12.5. The molecule has 150 valence electrons. The first-order valence-corrected chi connectivity index (χ1v) is 9.79. The zero-order chi connectivity index (χ0) is 20.9. The number of nitrogens with zero attached hydrogens (tertiary/aromatic N) is 1. The Kier molecular flexibility index (Phi) is 6.85. The maximum atomic E-state index is 12.5. The number of amides is 1. The Balaban J connectivity index is 2.00. The van der Waals surface area contributed by atoms with Gasteiger partial charge in [-0.05, 0) is 36.8 Å². The van der Waals surface area contributed by atoms with E-state index < -0.39 is 38.5 Å². The molecule has 0 unspecified atom stereocenters. The van der Waals surface area contributed by atoms with Gasteiger partial charge in [0.25, 0.3) is 5.91 Å². The third-order valence-corrected chi connectivity index (χ3v) is 5.32. The highest BCUT2D eigenvalue weighted by Crippen LogP contribution is 2.19. The largest absolute Gasteiger partial charge is 0.449 e. The maximum absolute atomic E-state index is 12.5. The van der Waals surface area contributed by atoms with Crippen molar-refractivity contribution in [3.8, 4) is 0 Å². The quantitative estimate of drug-likeness (QED) is 0.655. The first-order chi connectivity index (χ1) is 13.1. The molecular weight excluding hydrogens is 392 g/mol. The van der Waals surface area contributed by atoms with Gasteiger partial charge >= 0.3 is 11.7 Å². The van der Waals surface area contributed by atoms with Gasteiger partial charge in [0.1, 0.15) is 0 Å². The number of hydrogen-bond acceptors (Lipinski definition) is 5. The van der Waals surface area contributed by atoms with Gasteiger partial charge in [-0.15, -0.1) is 0 Å². The second kappa shape index (κ2) is 8.92. The summed E-state index contributed by atoms with van der Waals surface area (Å²) in [5.41, 5.74) is 0.853. The molecule has 0 aliphatic carbocycles. The highest BCUT2D eigenvalue weighted by Gasteiger charge is 2.27. The lowest BCUT2D eigenvalue weighted by atomic mass is 10.2. The first-order valence-electron chi connectivity index (χ1n) is 8.25. The molecule has 0 spiro atoms. The van der Waals surface area contributed by atoms with Crippen LogP contribution in [0.4, 0.5) is 8.78 Å². The molecule has 0 aliphatic heterocycles. The lowest BCUT2D eigenvalue weighted by Crippen LogP contribution is -2.37. The van der Waals surface area contributed by atoms with E-state index in [9.17, 15) is 26.8 Å². The van der Waals surface area contributed by atoms with Gasteiger partial charge in [0, 0.05) is 13.6 Å². The standard InChI is InChI=1S/C19H19F2NO5S/c1-13(17(23)22(2)12-14-6-4-3-5-7-14)27-18(24)15-8-10-16(11-9-15)28(25,26)19(20)21/h3-11,13,19H,12H2,1-2H3/t13-/m0/s1. The smallest absolute Gasteiger partial charge is 0.341 e. The Hall–Kier alpha value is -2.81. The molecule has 0 N–H and O–H groups in total. The SMILES string of the molecule is C[C@H](OC(=O)c1ccc(S(=O)(=O)C(F)F)cc1)C(=O)N(C)Cc1ccccc1. The van der Waals surface area contributed by atoms with Crippen LogP contribution in [-0.2, 0) is 25.9 Å². The van der Waals surface area contributed by atoms with Gasteiger partial charge in [0.15, 0.2) is 6.10 Å². The first kappa shape index (κ1) is 21.5. The van der Waals surface area contributed by atoms with Crippen LogP contribution in [0.25, 0.3) is 0 Å². The van der Waals surface area contributed by atoms with E-state index in [1.807, 2.05) is 30.3 Å². The third-order valence-electron chi connectivity index (χ3n) is 3.92. The van der Waals surface area contributed by atoms with E-state index in [0.29, 0.717) is 6.54 Å². The molecule has 0 aliphatic rings. The van der Waals surface area contributed by atoms with Crippen molar-refractivity contribution in [2.75, 3.05) is 7.05 Å². The molecule has 1 amide bonds. The number of esters is 1. The summed E-state index contributed by atoms with van der Waals surface area (Å²) in [4.78, 5) is 25.3. The van der Waals surface area contributed by atoms with Crippen LogP contribution in [0.1, 0.15) is 22.8 Å². The number of carbonyl (C=O) groups is 2. The molecule has 2 aromatic rings. The topological polar surface area (TPSA) is 80.8 Å². The Morgan fingerprint density at radius 1 is 1.04 bits per heavy atom. The summed E-state index contributed by atoms with van der Waals surface area (Å²) in [6, 6.07) is 13.2. The zero-order valence-corrected chi connectivity index (χ0v) is 16.0. The second-order valence-corrected chi connectivity index (χ2v) is 7.98. The molecule has 1 atom stereocenters. The van der Waals surface area contributed by atoms with Gasteiger partial charge in [0.2, 0.25) is 9.84 Å². The molecule has 0 aromatic heterocycles. The molecule has 0 saturated carbocycles. The Morgan fingerprint density at radius 2 is 1.61 bits per heavy atom. The summed E-state index contributed by atoms with van der Waals surface area (Å²) < 4.78 is 52.9. The number of benzene rings is 2. The fourth-order valence-corrected chi connectivity index (χ4v) is 3.13. The van der Waals surface area contributed by atoms with Crippen LogP contribution in [0.2, 0.25) is 0 Å². The highest BCUT2D eigenvalue weighted by molar-refractivity contribution is 7.91. The van der Waals surface area contributed by atoms with Crippen molar-refractivity contribution in [3.05, 3.63) is 65.7 Å². The molecule has 0 fully saturated rings. The number of halogens is 2. The van der Waals surface area contributed by atoms with Crippen molar-refractivity contribution in [2.24, 2.45) is 0 Å². The molecule has 28 heavy (non-hydrogen) atoms. The lowest BCUT2D eigenvalue weighted by Gasteiger charge is -2.21. The summed E-state index contributed by atoms with van der Waals surface area (Å²) in [5.74, 6) is -4.84. The minimum Gasteiger partial charge on any atom is -0.449 e. The summed E-state index contributed by atoms with van der Waals surface area (Å²) >= 11 is 0. The van der Waals surface area contributed by atoms with Gasteiger partial charge in [0.05, 0.1) is 10.5 Å². The summed E-state index contributed by atoms with van der Waals surface area (Å²) in [5, 5.41) is 0. The van der Waals surface area contributed by atoms with Crippen molar-refractivity contribution >= 4 is 21.7 Å². The number of ether oxygens (including phenoxy) is 1. The summed E-state index contributed by atoms with van der Waals surface area (Å²) in [6.07, 6.45) is -1.08. The Labute approximate surface area is 161 Å². The van der Waals surface area contributed by atoms with E-state index in [-0.39, 0.29) is 5.56 Å². The van der Waals surface area contributed by atoms with Crippen LogP contribution < -0.4 is 0 Å². The Morgan fingerprint density at radius 3 is 2.14 bits per heavy atom. The molecular formula is C19H19F2NO5S. The number of hydrogen-bond donors (Lipinski definition) is 0. The van der Waals surface area contributed by atoms with E-state index >= 15 is 0 Å². The monoisotopic (exact) mass is 411 g/mol. The Bertz CT molecular complexity index is 931. The van der Waals surface area contributed by atoms with E-state index in [0.717, 1.165) is 29.8 Å². The van der Waals surface area contributed by atoms with Crippen LogP contribution in [0, 0.1) is 0 Å². The summed E-state index contributed by atoms with van der Waals surface area (Å²) in [6.45, 7) is 1.75. The molecule has 2 aromatic carbocycles. The van der Waals surface area contributed by atoms with Crippen LogP contribution in [-0.4, -0.2) is 44.1 Å². The van der Waals surface area contributed by atoms with Crippen molar-refractivity contribution in [2.45, 2.75) is 30.2 Å². The van der Waals surface area contributed by atoms with Gasteiger partial charge in [-0.1, -0.05) is 30.3 Å². The number of alkyl halides is 2. The molecule has 2 rings (SSSR count). The van der Waals surface area contributed by atoms with E-state index in [2.05, 4.69) is 0 Å². The van der Waals surface area contributed by atoms with Crippen molar-refractivity contribution in [1.29, 1.82) is 0 Å². The van der Waals surface area contributed by atoms with Gasteiger partial charge in [-0.2, -0.15) is 8.78 Å². The van der Waals surface area contributed by atoms with Crippen LogP contribution in [0.15, 0.2) is 59.5 Å². The van der Waals surface area contributed by atoms with Crippen LogP contribution >= 0.6 is 0 Å². The van der Waals surface area contributed by atoms with E-state index in [1.165, 1.54) is 11.8 Å². The van der Waals surface area contributed by atoms with Crippen LogP contribution in [0.3, 0.4) is 0 Å². The molecule has 0 radical (unpaired) electrons. The van der Waals surface area contributed by atoms with Gasteiger partial charge < -0.3 is 9.64 Å². The van der Waals surface area contributed by atoms with Crippen molar-refractivity contribution in [3.63, 3.8) is 0 Å². The average molecular weight is 411 g/mol. The molecule has 0 saturated heterocycles. The van der Waals surface area contributed by atoms with E-state index in [4.69, 9.17) is 4.74 Å². The second-order valence-electron chi connectivity index (χ2n) is 6.06. The van der Waals surface area contributed by atoms with Gasteiger partial charge in [-0.25, -0.2) is 13.2 Å². The minimum absolute atomic E-state index is 0.0569. The average Bonchev–Trinajstić information content (AvgIpc) is 2.67. The summed E-state index contributed by atoms with van der Waals surface area (Å²) in [7, 11) is -3.17. The van der Waals surface area contributed by atoms with Crippen molar-refractivity contribution < 1.29 is 31.5 Å². The number of sulfone groups is 1. The lowest BCUT2D eigenvalue weighted by molar-refractivity contribution is -0.139. The highest BCUT2D eigenvalue weighted by atomic mass is 32.2. The zero-order valence-electron chi connectivity index (χ0n) is 15.2. The van der Waals surface area contributed by atoms with E-state index in [1.54, 1.807) is 7.05 Å². The molecule has 0 bridgehead atoms. The molecule has 0 heterocycles. The fraction of sp³-hybridized carbons (Fsp3) is 0.263. The number of rotatable bonds is 7.